The van der Waals surface area contributed by atoms with Crippen LogP contribution < -0.4 is 20.3 Å². The average molecular weight is 362 g/mol. The van der Waals surface area contributed by atoms with E-state index in [-0.39, 0.29) is 5.75 Å². The average Bonchev–Trinajstić information content (AvgIpc) is 2.53. The van der Waals surface area contributed by atoms with Crippen molar-refractivity contribution in [1.29, 1.82) is 0 Å². The fraction of sp³-hybridized carbons (Fsp3) is 0.562. The van der Waals surface area contributed by atoms with E-state index in [9.17, 15) is 13.2 Å². The molecule has 1 saturated heterocycles. The summed E-state index contributed by atoms with van der Waals surface area (Å²) in [5.74, 6) is -0.253. The summed E-state index contributed by atoms with van der Waals surface area (Å²) in [5, 5.41) is 6.53. The van der Waals surface area contributed by atoms with E-state index in [0.29, 0.717) is 10.8 Å². The summed E-state index contributed by atoms with van der Waals surface area (Å²) < 4.78 is 40.1. The summed E-state index contributed by atoms with van der Waals surface area (Å²) in [4.78, 5) is 1.65. The Hall–Kier alpha value is -1.54. The van der Waals surface area contributed by atoms with E-state index in [0.717, 1.165) is 19.5 Å². The van der Waals surface area contributed by atoms with Crippen molar-refractivity contribution >= 4 is 23.0 Å². The van der Waals surface area contributed by atoms with Gasteiger partial charge in [0.05, 0.1) is 19.6 Å². The van der Waals surface area contributed by atoms with Gasteiger partial charge in [0.25, 0.3) is 0 Å². The lowest BCUT2D eigenvalue weighted by Gasteiger charge is -2.23. The van der Waals surface area contributed by atoms with E-state index in [4.69, 9.17) is 12.2 Å². The molecule has 0 atom stereocenters. The van der Waals surface area contributed by atoms with Crippen molar-refractivity contribution in [1.82, 2.24) is 5.32 Å². The summed E-state index contributed by atoms with van der Waals surface area (Å²) >= 11 is 5.19. The van der Waals surface area contributed by atoms with Gasteiger partial charge in [-0.15, -0.1) is 13.2 Å². The van der Waals surface area contributed by atoms with Crippen molar-refractivity contribution in [3.05, 3.63) is 24.3 Å². The number of likely N-dealkylation sites (tertiary alicyclic amines) is 1. The molecule has 8 heteroatoms. The van der Waals surface area contributed by atoms with Crippen LogP contribution in [0, 0.1) is 0 Å². The lowest BCUT2D eigenvalue weighted by atomic mass is 10.1. The number of anilines is 1. The molecule has 0 amide bonds. The van der Waals surface area contributed by atoms with Crippen LogP contribution in [0.5, 0.6) is 5.75 Å². The van der Waals surface area contributed by atoms with Crippen LogP contribution in [0.15, 0.2) is 24.3 Å². The minimum Gasteiger partial charge on any atom is -0.406 e. The largest absolute Gasteiger partial charge is 0.573 e. The Morgan fingerprint density at radius 2 is 1.79 bits per heavy atom. The Bertz CT molecular complexity index is 516. The van der Waals surface area contributed by atoms with Gasteiger partial charge in [0, 0.05) is 18.7 Å². The first-order valence-electron chi connectivity index (χ1n) is 8.16. The van der Waals surface area contributed by atoms with E-state index < -0.39 is 6.36 Å². The van der Waals surface area contributed by atoms with Crippen LogP contribution in [0.2, 0.25) is 0 Å². The van der Waals surface area contributed by atoms with Crippen molar-refractivity contribution in [3.63, 3.8) is 0 Å². The number of quaternary nitrogens is 1. The van der Waals surface area contributed by atoms with Gasteiger partial charge in [0.15, 0.2) is 5.11 Å². The quantitative estimate of drug-likeness (QED) is 0.536. The number of hydrogen-bond donors (Lipinski definition) is 3. The van der Waals surface area contributed by atoms with Gasteiger partial charge in [-0.2, -0.15) is 0 Å². The van der Waals surface area contributed by atoms with Crippen molar-refractivity contribution in [2.75, 3.05) is 31.5 Å². The number of hydrogen-bond acceptors (Lipinski definition) is 2. The van der Waals surface area contributed by atoms with Crippen molar-refractivity contribution in [2.45, 2.75) is 32.0 Å². The Morgan fingerprint density at radius 1 is 1.12 bits per heavy atom. The standard InChI is InChI=1S/C16H22F3N3OS/c17-16(18,19)23-14-7-5-13(6-8-14)21-15(24)20-9-4-12-22-10-2-1-3-11-22/h5-8H,1-4,9-12H2,(H2,20,21,24)/p+1. The second-order valence-electron chi connectivity index (χ2n) is 5.87. The van der Waals surface area contributed by atoms with Gasteiger partial charge in [-0.05, 0) is 55.7 Å². The van der Waals surface area contributed by atoms with Crippen molar-refractivity contribution in [3.8, 4) is 5.75 Å². The molecule has 1 aliphatic rings. The normalized spacial score (nSPS) is 15.8. The molecule has 0 bridgehead atoms. The zero-order valence-electron chi connectivity index (χ0n) is 13.4. The third-order valence-electron chi connectivity index (χ3n) is 3.90. The first kappa shape index (κ1) is 18.8. The molecule has 0 unspecified atom stereocenters. The molecule has 24 heavy (non-hydrogen) atoms. The Kier molecular flexibility index (Phi) is 7.11. The molecule has 134 valence electrons. The van der Waals surface area contributed by atoms with Crippen molar-refractivity contribution in [2.24, 2.45) is 0 Å². The van der Waals surface area contributed by atoms with Gasteiger partial charge < -0.3 is 20.3 Å². The molecular weight excluding hydrogens is 339 g/mol. The number of halogens is 3. The van der Waals surface area contributed by atoms with Crippen molar-refractivity contribution < 1.29 is 22.8 Å². The highest BCUT2D eigenvalue weighted by atomic mass is 32.1. The lowest BCUT2D eigenvalue weighted by Crippen LogP contribution is -3.12. The van der Waals surface area contributed by atoms with Crippen LogP contribution >= 0.6 is 12.2 Å². The molecular formula is C16H23F3N3OS+. The zero-order valence-corrected chi connectivity index (χ0v) is 14.2. The highest BCUT2D eigenvalue weighted by molar-refractivity contribution is 7.80. The lowest BCUT2D eigenvalue weighted by molar-refractivity contribution is -0.904. The Morgan fingerprint density at radius 3 is 2.42 bits per heavy atom. The predicted molar refractivity (Wildman–Crippen MR) is 91.4 cm³/mol. The van der Waals surface area contributed by atoms with Gasteiger partial charge in [0.1, 0.15) is 5.75 Å². The highest BCUT2D eigenvalue weighted by Crippen LogP contribution is 2.23. The second-order valence-corrected chi connectivity index (χ2v) is 6.28. The first-order chi connectivity index (χ1) is 11.4. The van der Waals surface area contributed by atoms with E-state index in [2.05, 4.69) is 15.4 Å². The highest BCUT2D eigenvalue weighted by Gasteiger charge is 2.30. The molecule has 0 spiro atoms. The molecule has 0 radical (unpaired) electrons. The van der Waals surface area contributed by atoms with Gasteiger partial charge in [-0.3, -0.25) is 0 Å². The smallest absolute Gasteiger partial charge is 0.406 e. The van der Waals surface area contributed by atoms with Crippen LogP contribution in [-0.4, -0.2) is 37.7 Å². The molecule has 2 rings (SSSR count). The number of alkyl halides is 3. The summed E-state index contributed by atoms with van der Waals surface area (Å²) in [5.41, 5.74) is 0.615. The summed E-state index contributed by atoms with van der Waals surface area (Å²) in [6.45, 7) is 4.44. The van der Waals surface area contributed by atoms with Gasteiger partial charge in [-0.1, -0.05) is 0 Å². The van der Waals surface area contributed by atoms with Crippen LogP contribution in [0.4, 0.5) is 18.9 Å². The van der Waals surface area contributed by atoms with E-state index in [1.807, 2.05) is 0 Å². The summed E-state index contributed by atoms with van der Waals surface area (Å²) in [7, 11) is 0. The van der Waals surface area contributed by atoms with Crippen LogP contribution in [-0.2, 0) is 0 Å². The molecule has 4 nitrogen and oxygen atoms in total. The molecule has 1 aliphatic heterocycles. The fourth-order valence-electron chi connectivity index (χ4n) is 2.76. The molecule has 1 aromatic carbocycles. The molecule has 0 aliphatic carbocycles. The van der Waals surface area contributed by atoms with Crippen LogP contribution in [0.3, 0.4) is 0 Å². The van der Waals surface area contributed by atoms with E-state index >= 15 is 0 Å². The molecule has 1 fully saturated rings. The predicted octanol–water partition coefficient (Wildman–Crippen LogP) is 2.33. The summed E-state index contributed by atoms with van der Waals surface area (Å²) in [6.07, 6.45) is 0.341. The van der Waals surface area contributed by atoms with Gasteiger partial charge in [-0.25, -0.2) is 0 Å². The molecule has 1 heterocycles. The number of thiocarbonyl (C=S) groups is 1. The van der Waals surface area contributed by atoms with E-state index in [1.54, 1.807) is 4.90 Å². The Labute approximate surface area is 145 Å². The molecule has 0 saturated carbocycles. The number of benzene rings is 1. The maximum atomic E-state index is 12.1. The van der Waals surface area contributed by atoms with Gasteiger partial charge >= 0.3 is 6.36 Å². The zero-order chi connectivity index (χ0) is 17.4. The monoisotopic (exact) mass is 362 g/mol. The number of ether oxygens (including phenoxy) is 1. The fourth-order valence-corrected chi connectivity index (χ4v) is 2.98. The van der Waals surface area contributed by atoms with Gasteiger partial charge in [0.2, 0.25) is 0 Å². The number of rotatable bonds is 6. The maximum Gasteiger partial charge on any atom is 0.573 e. The van der Waals surface area contributed by atoms with Crippen LogP contribution in [0.25, 0.3) is 0 Å². The Balaban J connectivity index is 1.64. The molecule has 0 aromatic heterocycles. The molecule has 1 aromatic rings. The topological polar surface area (TPSA) is 37.7 Å². The van der Waals surface area contributed by atoms with E-state index in [1.165, 1.54) is 56.6 Å². The third-order valence-corrected chi connectivity index (χ3v) is 4.15. The number of nitrogens with one attached hydrogen (secondary N) is 3. The third kappa shape index (κ3) is 7.35. The van der Waals surface area contributed by atoms with Crippen LogP contribution in [0.1, 0.15) is 25.7 Å². The second kappa shape index (κ2) is 9.08. The SMILES string of the molecule is FC(F)(F)Oc1ccc(NC(=S)NCCC[NH+]2CCCCC2)cc1. The maximum absolute atomic E-state index is 12.1. The molecule has 3 N–H and O–H groups in total. The summed E-state index contributed by atoms with van der Waals surface area (Å²) in [6, 6.07) is 5.48. The minimum atomic E-state index is -4.68. The first-order valence-corrected chi connectivity index (χ1v) is 8.57. The number of piperidine rings is 1. The minimum absolute atomic E-state index is 0.253.